The number of benzene rings is 1. The molecule has 1 atom stereocenters. The van der Waals surface area contributed by atoms with Gasteiger partial charge in [0.1, 0.15) is 11.9 Å². The summed E-state index contributed by atoms with van der Waals surface area (Å²) in [5, 5.41) is 2.90. The van der Waals surface area contributed by atoms with Crippen LogP contribution in [0.4, 0.5) is 5.82 Å². The number of anilines is 1. The minimum Gasteiger partial charge on any atom is -0.309 e. The normalized spacial score (nSPS) is 14.5. The van der Waals surface area contributed by atoms with E-state index in [-0.39, 0.29) is 21.2 Å². The Morgan fingerprint density at radius 3 is 2.20 bits per heavy atom. The van der Waals surface area contributed by atoms with Crippen molar-refractivity contribution in [3.8, 4) is 0 Å². The van der Waals surface area contributed by atoms with Crippen LogP contribution in [0.1, 0.15) is 27.6 Å². The lowest BCUT2D eigenvalue weighted by Gasteiger charge is -2.21. The van der Waals surface area contributed by atoms with Crippen LogP contribution in [0.2, 0.25) is 10.0 Å². The van der Waals surface area contributed by atoms with Crippen LogP contribution in [-0.4, -0.2) is 33.6 Å². The third kappa shape index (κ3) is 3.27. The summed E-state index contributed by atoms with van der Waals surface area (Å²) in [7, 11) is 0. The van der Waals surface area contributed by atoms with Gasteiger partial charge < -0.3 is 5.32 Å². The van der Waals surface area contributed by atoms with Gasteiger partial charge in [-0.25, -0.2) is 4.98 Å². The summed E-state index contributed by atoms with van der Waals surface area (Å²) in [6, 6.07) is 4.94. The van der Waals surface area contributed by atoms with E-state index in [2.05, 4.69) is 26.2 Å². The molecule has 25 heavy (non-hydrogen) atoms. The van der Waals surface area contributed by atoms with Gasteiger partial charge in [-0.1, -0.05) is 23.2 Å². The fourth-order valence-corrected chi connectivity index (χ4v) is 2.96. The zero-order valence-corrected chi connectivity index (χ0v) is 15.8. The summed E-state index contributed by atoms with van der Waals surface area (Å²) >= 11 is 15.1. The van der Waals surface area contributed by atoms with E-state index in [1.54, 1.807) is 12.1 Å². The molecular formula is C16H10BrCl2N3O3. The molecule has 0 aliphatic carbocycles. The number of aromatic nitrogens is 1. The molecule has 6 nitrogen and oxygen atoms in total. The molecule has 0 radical (unpaired) electrons. The number of carbonyl (C=O) groups is 3. The van der Waals surface area contributed by atoms with Gasteiger partial charge in [-0.2, -0.15) is 0 Å². The molecule has 3 rings (SSSR count). The summed E-state index contributed by atoms with van der Waals surface area (Å²) in [4.78, 5) is 42.3. The van der Waals surface area contributed by atoms with E-state index in [0.29, 0.717) is 5.82 Å². The predicted molar refractivity (Wildman–Crippen MR) is 97.0 cm³/mol. The largest absolute Gasteiger partial charge is 0.309 e. The van der Waals surface area contributed by atoms with Crippen LogP contribution in [-0.2, 0) is 4.79 Å². The smallest absolute Gasteiger partial charge is 0.262 e. The van der Waals surface area contributed by atoms with E-state index >= 15 is 0 Å². The highest BCUT2D eigenvalue weighted by Gasteiger charge is 2.41. The first-order chi connectivity index (χ1) is 11.8. The Morgan fingerprint density at radius 1 is 1.16 bits per heavy atom. The van der Waals surface area contributed by atoms with Crippen molar-refractivity contribution < 1.29 is 14.4 Å². The zero-order valence-electron chi connectivity index (χ0n) is 12.7. The van der Waals surface area contributed by atoms with E-state index in [9.17, 15) is 14.4 Å². The van der Waals surface area contributed by atoms with Crippen molar-refractivity contribution in [2.24, 2.45) is 0 Å². The van der Waals surface area contributed by atoms with Crippen LogP contribution in [0, 0.1) is 0 Å². The second kappa shape index (κ2) is 6.74. The van der Waals surface area contributed by atoms with Crippen LogP contribution < -0.4 is 5.32 Å². The van der Waals surface area contributed by atoms with Crippen LogP contribution in [0.3, 0.4) is 0 Å². The maximum atomic E-state index is 12.5. The number of halogens is 3. The van der Waals surface area contributed by atoms with E-state index in [1.807, 2.05) is 0 Å². The number of nitrogens with one attached hydrogen (secondary N) is 1. The molecule has 2 aromatic rings. The van der Waals surface area contributed by atoms with E-state index in [0.717, 1.165) is 9.37 Å². The van der Waals surface area contributed by atoms with Gasteiger partial charge in [0.2, 0.25) is 5.91 Å². The number of rotatable bonds is 3. The molecule has 0 spiro atoms. The Hall–Kier alpha value is -1.96. The van der Waals surface area contributed by atoms with Crippen LogP contribution in [0.25, 0.3) is 0 Å². The quantitative estimate of drug-likeness (QED) is 0.733. The van der Waals surface area contributed by atoms with Gasteiger partial charge in [-0.15, -0.1) is 0 Å². The Bertz CT molecular complexity index is 861. The summed E-state index contributed by atoms with van der Waals surface area (Å²) < 4.78 is 0.757. The molecule has 3 amide bonds. The van der Waals surface area contributed by atoms with Gasteiger partial charge in [-0.3, -0.25) is 19.3 Å². The third-order valence-electron chi connectivity index (χ3n) is 3.70. The molecule has 9 heteroatoms. The highest BCUT2D eigenvalue weighted by atomic mass is 79.9. The lowest BCUT2D eigenvalue weighted by molar-refractivity contribution is -0.119. The summed E-state index contributed by atoms with van der Waals surface area (Å²) in [5.74, 6) is -1.42. The fraction of sp³-hybridized carbons (Fsp3) is 0.125. The first-order valence-electron chi connectivity index (χ1n) is 7.09. The molecule has 0 bridgehead atoms. The summed E-state index contributed by atoms with van der Waals surface area (Å²) in [6.07, 6.45) is 1.52. The third-order valence-corrected chi connectivity index (χ3v) is 4.90. The topological polar surface area (TPSA) is 79.4 Å². The molecule has 1 N–H and O–H groups in total. The summed E-state index contributed by atoms with van der Waals surface area (Å²) in [6.45, 7) is 1.46. The number of amides is 3. The predicted octanol–water partition coefficient (Wildman–Crippen LogP) is 3.77. The first kappa shape index (κ1) is 17.8. The molecule has 1 aromatic heterocycles. The fourth-order valence-electron chi connectivity index (χ4n) is 2.40. The second-order valence-electron chi connectivity index (χ2n) is 5.32. The molecule has 0 fully saturated rings. The van der Waals surface area contributed by atoms with Gasteiger partial charge in [0, 0.05) is 10.7 Å². The van der Waals surface area contributed by atoms with E-state index in [1.165, 1.54) is 25.3 Å². The van der Waals surface area contributed by atoms with Crippen molar-refractivity contribution >= 4 is 62.7 Å². The molecule has 2 heterocycles. The lowest BCUT2D eigenvalue weighted by Crippen LogP contribution is -2.45. The second-order valence-corrected chi connectivity index (χ2v) is 7.05. The number of imide groups is 1. The molecule has 1 aliphatic heterocycles. The van der Waals surface area contributed by atoms with E-state index in [4.69, 9.17) is 23.2 Å². The molecule has 0 saturated heterocycles. The highest BCUT2D eigenvalue weighted by Crippen LogP contribution is 2.32. The Labute approximate surface area is 161 Å². The van der Waals surface area contributed by atoms with Crippen molar-refractivity contribution in [1.29, 1.82) is 0 Å². The number of hydrogen-bond donors (Lipinski definition) is 1. The van der Waals surface area contributed by atoms with Crippen molar-refractivity contribution in [2.75, 3.05) is 5.32 Å². The monoisotopic (exact) mass is 441 g/mol. The maximum Gasteiger partial charge on any atom is 0.262 e. The molecule has 0 saturated carbocycles. The number of carbonyl (C=O) groups excluding carboxylic acids is 3. The molecule has 128 valence electrons. The zero-order chi connectivity index (χ0) is 18.3. The van der Waals surface area contributed by atoms with Crippen molar-refractivity contribution in [3.63, 3.8) is 0 Å². The Balaban J connectivity index is 1.84. The minimum absolute atomic E-state index is 0.126. The number of hydrogen-bond acceptors (Lipinski definition) is 4. The van der Waals surface area contributed by atoms with Gasteiger partial charge >= 0.3 is 0 Å². The molecule has 0 unspecified atom stereocenters. The van der Waals surface area contributed by atoms with Crippen LogP contribution in [0.15, 0.2) is 34.9 Å². The maximum absolute atomic E-state index is 12.5. The van der Waals surface area contributed by atoms with Crippen LogP contribution >= 0.6 is 39.1 Å². The molecular weight excluding hydrogens is 433 g/mol. The van der Waals surface area contributed by atoms with Crippen molar-refractivity contribution in [1.82, 2.24) is 9.88 Å². The number of nitrogens with zero attached hydrogens (tertiary/aromatic N) is 2. The first-order valence-corrected chi connectivity index (χ1v) is 8.64. The van der Waals surface area contributed by atoms with Crippen LogP contribution in [0.5, 0.6) is 0 Å². The average molecular weight is 443 g/mol. The SMILES string of the molecule is C[C@@H](C(=O)Nc1ccc(Br)cn1)N1C(=O)c2cc(Cl)c(Cl)cc2C1=O. The number of fused-ring (bicyclic) bond motifs is 1. The van der Waals surface area contributed by atoms with Gasteiger partial charge in [-0.05, 0) is 47.1 Å². The van der Waals surface area contributed by atoms with Crippen molar-refractivity contribution in [3.05, 3.63) is 56.1 Å². The average Bonchev–Trinajstić information content (AvgIpc) is 2.80. The van der Waals surface area contributed by atoms with Crippen molar-refractivity contribution in [2.45, 2.75) is 13.0 Å². The molecule has 1 aromatic carbocycles. The highest BCUT2D eigenvalue weighted by molar-refractivity contribution is 9.10. The minimum atomic E-state index is -1.03. The number of pyridine rings is 1. The Morgan fingerprint density at radius 2 is 1.72 bits per heavy atom. The standard InChI is InChI=1S/C16H10BrCl2N3O3/c1-7(14(23)21-13-3-2-8(17)6-20-13)22-15(24)9-4-11(18)12(19)5-10(9)16(22)25/h2-7H,1H3,(H,20,21,23)/t7-/m0/s1. The van der Waals surface area contributed by atoms with Gasteiger partial charge in [0.05, 0.1) is 21.2 Å². The van der Waals surface area contributed by atoms with E-state index < -0.39 is 23.8 Å². The van der Waals surface area contributed by atoms with Gasteiger partial charge in [0.25, 0.3) is 11.8 Å². The lowest BCUT2D eigenvalue weighted by atomic mass is 10.1. The molecule has 1 aliphatic rings. The summed E-state index contributed by atoms with van der Waals surface area (Å²) in [5.41, 5.74) is 0.252. The van der Waals surface area contributed by atoms with Gasteiger partial charge in [0.15, 0.2) is 0 Å². The Kier molecular flexibility index (Phi) is 4.81.